The Morgan fingerprint density at radius 2 is 1.82 bits per heavy atom. The maximum atomic E-state index is 13.1. The number of esters is 1. The normalized spacial score (nSPS) is 16.1. The van der Waals surface area contributed by atoms with Crippen molar-refractivity contribution >= 4 is 17.6 Å². The number of carbonyl (C=O) groups is 2. The van der Waals surface area contributed by atoms with E-state index in [1.54, 1.807) is 24.5 Å². The molecule has 0 aliphatic carbocycles. The fourth-order valence-electron chi connectivity index (χ4n) is 3.95. The van der Waals surface area contributed by atoms with Crippen LogP contribution in [0.25, 0.3) is 0 Å². The van der Waals surface area contributed by atoms with Crippen LogP contribution in [0.1, 0.15) is 35.2 Å². The Morgan fingerprint density at radius 3 is 2.52 bits per heavy atom. The van der Waals surface area contributed by atoms with Gasteiger partial charge in [0.2, 0.25) is 5.91 Å². The molecule has 0 spiro atoms. The number of rotatable bonds is 7. The van der Waals surface area contributed by atoms with Crippen molar-refractivity contribution in [3.63, 3.8) is 0 Å². The molecule has 1 aliphatic heterocycles. The lowest BCUT2D eigenvalue weighted by Crippen LogP contribution is -2.46. The number of amides is 1. The second kappa shape index (κ2) is 10.7. The van der Waals surface area contributed by atoms with Crippen molar-refractivity contribution in [1.29, 1.82) is 0 Å². The van der Waals surface area contributed by atoms with Crippen LogP contribution in [-0.4, -0.2) is 41.5 Å². The van der Waals surface area contributed by atoms with Gasteiger partial charge in [-0.05, 0) is 73.5 Å². The van der Waals surface area contributed by atoms with Crippen LogP contribution >= 0.6 is 0 Å². The summed E-state index contributed by atoms with van der Waals surface area (Å²) in [6.45, 7) is 1.51. The lowest BCUT2D eigenvalue weighted by molar-refractivity contribution is -0.122. The van der Waals surface area contributed by atoms with Crippen LogP contribution in [0.5, 0.6) is 11.5 Å². The number of anilines is 1. The number of likely N-dealkylation sites (tertiary alicyclic amines) is 1. The molecule has 2 aromatic carbocycles. The van der Waals surface area contributed by atoms with Gasteiger partial charge in [0.1, 0.15) is 11.5 Å². The van der Waals surface area contributed by atoms with Crippen molar-refractivity contribution in [1.82, 2.24) is 9.88 Å². The Kier molecular flexibility index (Phi) is 7.32. The number of methoxy groups -OCH3 is 1. The Bertz CT molecular complexity index is 1070. The van der Waals surface area contributed by atoms with E-state index in [1.165, 1.54) is 7.11 Å². The highest BCUT2D eigenvalue weighted by Gasteiger charge is 2.28. The molecule has 7 nitrogen and oxygen atoms in total. The summed E-state index contributed by atoms with van der Waals surface area (Å²) >= 11 is 0. The first-order valence-electron chi connectivity index (χ1n) is 11.0. The Hall–Kier alpha value is -3.71. The number of hydrogen-bond acceptors (Lipinski definition) is 6. The molecule has 3 aromatic rings. The highest BCUT2D eigenvalue weighted by molar-refractivity contribution is 5.95. The molecule has 1 unspecified atom stereocenters. The minimum absolute atomic E-state index is 0.0122. The monoisotopic (exact) mass is 445 g/mol. The average molecular weight is 446 g/mol. The zero-order valence-corrected chi connectivity index (χ0v) is 18.6. The van der Waals surface area contributed by atoms with Crippen molar-refractivity contribution in [3.8, 4) is 11.5 Å². The molecule has 0 radical (unpaired) electrons. The van der Waals surface area contributed by atoms with Gasteiger partial charge in [0.05, 0.1) is 24.9 Å². The molecule has 1 saturated heterocycles. The predicted molar refractivity (Wildman–Crippen MR) is 125 cm³/mol. The van der Waals surface area contributed by atoms with Crippen molar-refractivity contribution < 1.29 is 19.1 Å². The third kappa shape index (κ3) is 5.96. The van der Waals surface area contributed by atoms with Crippen molar-refractivity contribution in [2.45, 2.75) is 31.8 Å². The summed E-state index contributed by atoms with van der Waals surface area (Å²) in [5.74, 6) is 0.970. The number of pyridine rings is 1. The Labute approximate surface area is 193 Å². The van der Waals surface area contributed by atoms with E-state index in [2.05, 4.69) is 15.2 Å². The number of piperidine rings is 1. The first-order chi connectivity index (χ1) is 16.1. The molecule has 1 atom stereocenters. The third-order valence-corrected chi connectivity index (χ3v) is 5.67. The van der Waals surface area contributed by atoms with Crippen LogP contribution in [0.3, 0.4) is 0 Å². The van der Waals surface area contributed by atoms with Gasteiger partial charge in [-0.25, -0.2) is 4.79 Å². The van der Waals surface area contributed by atoms with E-state index in [4.69, 9.17) is 9.47 Å². The number of carbonyl (C=O) groups excluding carboxylic acids is 2. The van der Waals surface area contributed by atoms with Crippen LogP contribution < -0.4 is 10.1 Å². The summed E-state index contributed by atoms with van der Waals surface area (Å²) in [4.78, 5) is 31.0. The SMILES string of the molecule is COC(=O)c1ccc(CN2CCCCC2C(=O)Nc2ccc(Oc3cccnc3)cc2)cc1. The van der Waals surface area contributed by atoms with Gasteiger partial charge >= 0.3 is 5.97 Å². The topological polar surface area (TPSA) is 80.8 Å². The van der Waals surface area contributed by atoms with Crippen LogP contribution in [-0.2, 0) is 16.1 Å². The van der Waals surface area contributed by atoms with E-state index in [0.29, 0.717) is 23.6 Å². The van der Waals surface area contributed by atoms with Crippen molar-refractivity contribution in [2.75, 3.05) is 19.0 Å². The Balaban J connectivity index is 1.37. The predicted octanol–water partition coefficient (Wildman–Crippen LogP) is 4.65. The average Bonchev–Trinajstić information content (AvgIpc) is 2.86. The molecule has 2 heterocycles. The molecule has 0 bridgehead atoms. The maximum absolute atomic E-state index is 13.1. The van der Waals surface area contributed by atoms with E-state index >= 15 is 0 Å². The summed E-state index contributed by atoms with van der Waals surface area (Å²) in [7, 11) is 1.37. The first-order valence-corrected chi connectivity index (χ1v) is 11.0. The number of hydrogen-bond donors (Lipinski definition) is 1. The lowest BCUT2D eigenvalue weighted by atomic mass is 10.00. The van der Waals surface area contributed by atoms with E-state index in [0.717, 1.165) is 37.1 Å². The van der Waals surface area contributed by atoms with Gasteiger partial charge in [0, 0.05) is 18.4 Å². The summed E-state index contributed by atoms with van der Waals surface area (Å²) in [6.07, 6.45) is 6.24. The quantitative estimate of drug-likeness (QED) is 0.533. The van der Waals surface area contributed by atoms with Gasteiger partial charge in [-0.15, -0.1) is 0 Å². The molecule has 1 fully saturated rings. The molecule has 1 aliphatic rings. The van der Waals surface area contributed by atoms with Crippen LogP contribution in [0.2, 0.25) is 0 Å². The zero-order valence-electron chi connectivity index (χ0n) is 18.6. The molecule has 33 heavy (non-hydrogen) atoms. The number of benzene rings is 2. The largest absolute Gasteiger partial charge is 0.465 e. The second-order valence-electron chi connectivity index (χ2n) is 7.97. The lowest BCUT2D eigenvalue weighted by Gasteiger charge is -2.34. The minimum Gasteiger partial charge on any atom is -0.465 e. The highest BCUT2D eigenvalue weighted by atomic mass is 16.5. The first kappa shape index (κ1) is 22.5. The number of ether oxygens (including phenoxy) is 2. The van der Waals surface area contributed by atoms with E-state index in [9.17, 15) is 9.59 Å². The standard InChI is InChI=1S/C26H27N3O4/c1-32-26(31)20-9-7-19(8-10-20)18-29-16-3-2-6-24(29)25(30)28-21-11-13-22(14-12-21)33-23-5-4-15-27-17-23/h4-5,7-15,17,24H,2-3,6,16,18H2,1H3,(H,28,30). The molecule has 7 heteroatoms. The van der Waals surface area contributed by atoms with Gasteiger partial charge < -0.3 is 14.8 Å². The van der Waals surface area contributed by atoms with E-state index in [1.807, 2.05) is 48.5 Å². The third-order valence-electron chi connectivity index (χ3n) is 5.67. The summed E-state index contributed by atoms with van der Waals surface area (Å²) in [5.41, 5.74) is 2.30. The molecule has 1 aromatic heterocycles. The fourth-order valence-corrected chi connectivity index (χ4v) is 3.95. The highest BCUT2D eigenvalue weighted by Crippen LogP contribution is 2.24. The van der Waals surface area contributed by atoms with Crippen LogP contribution in [0, 0.1) is 0 Å². The molecule has 1 amide bonds. The second-order valence-corrected chi connectivity index (χ2v) is 7.97. The Morgan fingerprint density at radius 1 is 1.03 bits per heavy atom. The van der Waals surface area contributed by atoms with E-state index in [-0.39, 0.29) is 17.9 Å². The van der Waals surface area contributed by atoms with Crippen LogP contribution in [0.4, 0.5) is 5.69 Å². The maximum Gasteiger partial charge on any atom is 0.337 e. The molecule has 4 rings (SSSR count). The minimum atomic E-state index is -0.353. The fraction of sp³-hybridized carbons (Fsp3) is 0.269. The number of nitrogens with one attached hydrogen (secondary N) is 1. The van der Waals surface area contributed by atoms with Gasteiger partial charge in [-0.3, -0.25) is 14.7 Å². The van der Waals surface area contributed by atoms with Crippen molar-refractivity contribution in [3.05, 3.63) is 84.2 Å². The number of nitrogens with zero attached hydrogens (tertiary/aromatic N) is 2. The number of aromatic nitrogens is 1. The van der Waals surface area contributed by atoms with Gasteiger partial charge in [0.15, 0.2) is 0 Å². The molecular weight excluding hydrogens is 418 g/mol. The summed E-state index contributed by atoms with van der Waals surface area (Å²) in [6, 6.07) is 18.1. The molecular formula is C26H27N3O4. The summed E-state index contributed by atoms with van der Waals surface area (Å²) < 4.78 is 10.5. The van der Waals surface area contributed by atoms with Gasteiger partial charge in [0.25, 0.3) is 0 Å². The zero-order chi connectivity index (χ0) is 23.0. The van der Waals surface area contributed by atoms with E-state index < -0.39 is 0 Å². The molecule has 170 valence electrons. The van der Waals surface area contributed by atoms with Gasteiger partial charge in [-0.2, -0.15) is 0 Å². The van der Waals surface area contributed by atoms with Crippen LogP contribution in [0.15, 0.2) is 73.1 Å². The smallest absolute Gasteiger partial charge is 0.337 e. The summed E-state index contributed by atoms with van der Waals surface area (Å²) in [5, 5.41) is 3.04. The molecule has 0 saturated carbocycles. The van der Waals surface area contributed by atoms with Gasteiger partial charge in [-0.1, -0.05) is 18.6 Å². The van der Waals surface area contributed by atoms with Crippen molar-refractivity contribution in [2.24, 2.45) is 0 Å². The molecule has 1 N–H and O–H groups in total.